The van der Waals surface area contributed by atoms with E-state index in [1.54, 1.807) is 42.9 Å². The Kier molecular flexibility index (Phi) is 4.10. The van der Waals surface area contributed by atoms with Crippen molar-refractivity contribution in [3.8, 4) is 11.5 Å². The van der Waals surface area contributed by atoms with Crippen LogP contribution in [0.2, 0.25) is 0 Å². The first-order valence-corrected chi connectivity index (χ1v) is 6.67. The molecule has 0 unspecified atom stereocenters. The van der Waals surface area contributed by atoms with Crippen LogP contribution in [0, 0.1) is 0 Å². The van der Waals surface area contributed by atoms with Crippen molar-refractivity contribution < 1.29 is 13.7 Å². The summed E-state index contributed by atoms with van der Waals surface area (Å²) in [6.07, 6.45) is 8.06. The van der Waals surface area contributed by atoms with E-state index in [2.05, 4.69) is 15.5 Å². The number of rotatable bonds is 5. The number of amides is 1. The molecular formula is C16H13N3O3. The van der Waals surface area contributed by atoms with Gasteiger partial charge in [-0.05, 0) is 29.8 Å². The molecule has 6 nitrogen and oxygen atoms in total. The van der Waals surface area contributed by atoms with Crippen molar-refractivity contribution >= 4 is 12.0 Å². The lowest BCUT2D eigenvalue weighted by Gasteiger charge is -1.97. The van der Waals surface area contributed by atoms with Gasteiger partial charge in [0.1, 0.15) is 5.69 Å². The molecule has 0 radical (unpaired) electrons. The van der Waals surface area contributed by atoms with Crippen LogP contribution in [0.1, 0.15) is 11.3 Å². The Bertz CT molecular complexity index is 761. The molecule has 1 amide bonds. The second-order valence-electron chi connectivity index (χ2n) is 4.50. The van der Waals surface area contributed by atoms with Gasteiger partial charge in [-0.3, -0.25) is 9.78 Å². The summed E-state index contributed by atoms with van der Waals surface area (Å²) in [7, 11) is 0. The van der Waals surface area contributed by atoms with E-state index >= 15 is 0 Å². The topological polar surface area (TPSA) is 81.2 Å². The maximum Gasteiger partial charge on any atom is 0.244 e. The van der Waals surface area contributed by atoms with Crippen LogP contribution in [0.4, 0.5) is 0 Å². The van der Waals surface area contributed by atoms with Crippen LogP contribution in [0.15, 0.2) is 64.0 Å². The highest BCUT2D eigenvalue weighted by atomic mass is 16.5. The van der Waals surface area contributed by atoms with Gasteiger partial charge < -0.3 is 14.3 Å². The minimum absolute atomic E-state index is 0.216. The van der Waals surface area contributed by atoms with Gasteiger partial charge in [-0.1, -0.05) is 11.2 Å². The summed E-state index contributed by atoms with van der Waals surface area (Å²) >= 11 is 0. The van der Waals surface area contributed by atoms with E-state index in [0.717, 1.165) is 5.56 Å². The standard InChI is InChI=1S/C16H13N3O3/c20-16(6-5-12-3-1-7-17-10-12)18-11-13-9-15(22-19-13)14-4-2-8-21-14/h1-10H,11H2,(H,18,20). The number of nitrogens with zero attached hydrogens (tertiary/aromatic N) is 2. The zero-order valence-electron chi connectivity index (χ0n) is 11.6. The minimum atomic E-state index is -0.216. The number of pyridine rings is 1. The first-order valence-electron chi connectivity index (χ1n) is 6.67. The quantitative estimate of drug-likeness (QED) is 0.732. The van der Waals surface area contributed by atoms with Gasteiger partial charge in [0, 0.05) is 24.5 Å². The molecule has 0 saturated carbocycles. The zero-order valence-corrected chi connectivity index (χ0v) is 11.6. The highest BCUT2D eigenvalue weighted by Crippen LogP contribution is 2.20. The average molecular weight is 295 g/mol. The third-order valence-corrected chi connectivity index (χ3v) is 2.88. The van der Waals surface area contributed by atoms with Crippen LogP contribution in [-0.4, -0.2) is 16.0 Å². The molecule has 1 N–H and O–H groups in total. The molecule has 3 aromatic heterocycles. The van der Waals surface area contributed by atoms with Crippen LogP contribution < -0.4 is 5.32 Å². The molecule has 0 fully saturated rings. The monoisotopic (exact) mass is 295 g/mol. The molecule has 3 rings (SSSR count). The van der Waals surface area contributed by atoms with Crippen molar-refractivity contribution in [1.82, 2.24) is 15.5 Å². The lowest BCUT2D eigenvalue weighted by molar-refractivity contribution is -0.116. The molecule has 3 aromatic rings. The molecule has 0 aliphatic rings. The first kappa shape index (κ1) is 13.8. The summed E-state index contributed by atoms with van der Waals surface area (Å²) < 4.78 is 10.4. The summed E-state index contributed by atoms with van der Waals surface area (Å²) in [5, 5.41) is 6.61. The second kappa shape index (κ2) is 6.53. The van der Waals surface area contributed by atoms with Crippen molar-refractivity contribution in [2.75, 3.05) is 0 Å². The Morgan fingerprint density at radius 1 is 1.27 bits per heavy atom. The summed E-state index contributed by atoms with van der Waals surface area (Å²) in [4.78, 5) is 15.7. The Morgan fingerprint density at radius 2 is 2.23 bits per heavy atom. The molecule has 6 heteroatoms. The third-order valence-electron chi connectivity index (χ3n) is 2.88. The predicted octanol–water partition coefficient (Wildman–Crippen LogP) is 2.66. The van der Waals surface area contributed by atoms with Crippen LogP contribution in [0.5, 0.6) is 0 Å². The molecule has 110 valence electrons. The molecule has 0 aliphatic heterocycles. The molecule has 0 aromatic carbocycles. The number of carbonyl (C=O) groups is 1. The Balaban J connectivity index is 1.54. The first-order chi connectivity index (χ1) is 10.8. The number of hydrogen-bond acceptors (Lipinski definition) is 5. The lowest BCUT2D eigenvalue weighted by Crippen LogP contribution is -2.20. The SMILES string of the molecule is O=C(C=Cc1cccnc1)NCc1cc(-c2ccco2)on1. The number of aromatic nitrogens is 2. The fourth-order valence-corrected chi connectivity index (χ4v) is 1.81. The molecule has 0 saturated heterocycles. The predicted molar refractivity (Wildman–Crippen MR) is 79.3 cm³/mol. The van der Waals surface area contributed by atoms with Crippen LogP contribution in [0.25, 0.3) is 17.6 Å². The van der Waals surface area contributed by atoms with E-state index < -0.39 is 0 Å². The largest absolute Gasteiger partial charge is 0.461 e. The smallest absolute Gasteiger partial charge is 0.244 e. The summed E-state index contributed by atoms with van der Waals surface area (Å²) in [6.45, 7) is 0.278. The van der Waals surface area contributed by atoms with Crippen molar-refractivity contribution in [1.29, 1.82) is 0 Å². The van der Waals surface area contributed by atoms with E-state index in [1.807, 2.05) is 12.1 Å². The van der Waals surface area contributed by atoms with E-state index in [4.69, 9.17) is 8.94 Å². The van der Waals surface area contributed by atoms with Gasteiger partial charge in [-0.2, -0.15) is 0 Å². The minimum Gasteiger partial charge on any atom is -0.461 e. The zero-order chi connectivity index (χ0) is 15.2. The van der Waals surface area contributed by atoms with Crippen molar-refractivity contribution in [2.24, 2.45) is 0 Å². The highest BCUT2D eigenvalue weighted by molar-refractivity contribution is 5.91. The fraction of sp³-hybridized carbons (Fsp3) is 0.0625. The molecule has 3 heterocycles. The number of furan rings is 1. The summed E-state index contributed by atoms with van der Waals surface area (Å²) in [5.41, 5.74) is 1.48. The maximum atomic E-state index is 11.7. The van der Waals surface area contributed by atoms with Crippen molar-refractivity contribution in [3.63, 3.8) is 0 Å². The lowest BCUT2D eigenvalue weighted by atomic mass is 10.2. The van der Waals surface area contributed by atoms with Gasteiger partial charge in [0.25, 0.3) is 0 Å². The highest BCUT2D eigenvalue weighted by Gasteiger charge is 2.09. The van der Waals surface area contributed by atoms with Gasteiger partial charge >= 0.3 is 0 Å². The third kappa shape index (κ3) is 3.49. The Morgan fingerprint density at radius 3 is 3.00 bits per heavy atom. The van der Waals surface area contributed by atoms with Gasteiger partial charge in [0.05, 0.1) is 12.8 Å². The van der Waals surface area contributed by atoms with Crippen molar-refractivity contribution in [2.45, 2.75) is 6.54 Å². The summed E-state index contributed by atoms with van der Waals surface area (Å²) in [6, 6.07) is 8.94. The fourth-order valence-electron chi connectivity index (χ4n) is 1.81. The average Bonchev–Trinajstić information content (AvgIpc) is 3.22. The van der Waals surface area contributed by atoms with Crippen molar-refractivity contribution in [3.05, 3.63) is 66.3 Å². The van der Waals surface area contributed by atoms with Crippen LogP contribution >= 0.6 is 0 Å². The van der Waals surface area contributed by atoms with E-state index in [1.165, 1.54) is 6.08 Å². The van der Waals surface area contributed by atoms with Gasteiger partial charge in [-0.25, -0.2) is 0 Å². The second-order valence-corrected chi connectivity index (χ2v) is 4.50. The molecule has 0 bridgehead atoms. The summed E-state index contributed by atoms with van der Waals surface area (Å²) in [5.74, 6) is 0.910. The molecular weight excluding hydrogens is 282 g/mol. The van der Waals surface area contributed by atoms with Crippen LogP contribution in [-0.2, 0) is 11.3 Å². The number of carbonyl (C=O) groups excluding carboxylic acids is 1. The van der Waals surface area contributed by atoms with Gasteiger partial charge in [-0.15, -0.1) is 0 Å². The van der Waals surface area contributed by atoms with Gasteiger partial charge in [0.2, 0.25) is 11.7 Å². The molecule has 22 heavy (non-hydrogen) atoms. The Labute approximate surface area is 126 Å². The number of hydrogen-bond donors (Lipinski definition) is 1. The van der Waals surface area contributed by atoms with E-state index in [0.29, 0.717) is 17.2 Å². The normalized spacial score (nSPS) is 10.9. The Hall–Kier alpha value is -3.15. The molecule has 0 aliphatic carbocycles. The van der Waals surface area contributed by atoms with Crippen LogP contribution in [0.3, 0.4) is 0 Å². The van der Waals surface area contributed by atoms with E-state index in [9.17, 15) is 4.79 Å². The molecule has 0 spiro atoms. The molecule has 0 atom stereocenters. The number of nitrogens with one attached hydrogen (secondary N) is 1. The van der Waals surface area contributed by atoms with E-state index in [-0.39, 0.29) is 12.5 Å². The van der Waals surface area contributed by atoms with Gasteiger partial charge in [0.15, 0.2) is 5.76 Å². The maximum absolute atomic E-state index is 11.7.